The second-order valence-corrected chi connectivity index (χ2v) is 5.48. The van der Waals surface area contributed by atoms with Crippen LogP contribution >= 0.6 is 0 Å². The average molecular weight is 251 g/mol. The number of nitrogens with one attached hydrogen (secondary N) is 1. The molecule has 0 aromatic heterocycles. The summed E-state index contributed by atoms with van der Waals surface area (Å²) in [5.74, 6) is 0. The molecule has 19 heavy (non-hydrogen) atoms. The molecule has 0 heterocycles. The van der Waals surface area contributed by atoms with Gasteiger partial charge in [-0.15, -0.1) is 0 Å². The molecule has 98 valence electrons. The largest absolute Gasteiger partial charge is 0.381 e. The summed E-state index contributed by atoms with van der Waals surface area (Å²) in [5, 5.41) is 3.78. The van der Waals surface area contributed by atoms with Crippen LogP contribution in [0.25, 0.3) is 0 Å². The third-order valence-corrected chi connectivity index (χ3v) is 4.14. The van der Waals surface area contributed by atoms with Crippen molar-refractivity contribution in [3.05, 3.63) is 64.7 Å². The van der Waals surface area contributed by atoms with Crippen LogP contribution in [0.2, 0.25) is 0 Å². The average Bonchev–Trinajstić information content (AvgIpc) is 2.83. The van der Waals surface area contributed by atoms with Gasteiger partial charge in [0.25, 0.3) is 0 Å². The first-order chi connectivity index (χ1) is 9.28. The van der Waals surface area contributed by atoms with Gasteiger partial charge in [0.05, 0.1) is 0 Å². The summed E-state index contributed by atoms with van der Waals surface area (Å²) in [6.07, 6.45) is 3.38. The highest BCUT2D eigenvalue weighted by Crippen LogP contribution is 2.28. The molecule has 1 aliphatic carbocycles. The fourth-order valence-electron chi connectivity index (χ4n) is 3.09. The van der Waals surface area contributed by atoms with Gasteiger partial charge in [0.15, 0.2) is 0 Å². The van der Waals surface area contributed by atoms with E-state index in [0.29, 0.717) is 6.04 Å². The number of para-hydroxylation sites is 1. The van der Waals surface area contributed by atoms with Crippen molar-refractivity contribution in [3.8, 4) is 0 Å². The molecule has 1 aliphatic rings. The Bertz CT molecular complexity index is 561. The molecule has 0 spiro atoms. The summed E-state index contributed by atoms with van der Waals surface area (Å²) in [7, 11) is 0. The summed E-state index contributed by atoms with van der Waals surface area (Å²) in [4.78, 5) is 0. The van der Waals surface area contributed by atoms with E-state index in [1.807, 2.05) is 0 Å². The minimum Gasteiger partial charge on any atom is -0.381 e. The molecule has 0 saturated carbocycles. The molecule has 2 aromatic rings. The number of hydrogen-bond acceptors (Lipinski definition) is 1. The van der Waals surface area contributed by atoms with Crippen LogP contribution < -0.4 is 5.32 Å². The maximum Gasteiger partial charge on any atom is 0.0404 e. The quantitative estimate of drug-likeness (QED) is 0.864. The number of aryl methyl sites for hydroxylation is 2. The Hall–Kier alpha value is -1.76. The summed E-state index contributed by atoms with van der Waals surface area (Å²) in [6, 6.07) is 15.9. The minimum atomic E-state index is 0.545. The van der Waals surface area contributed by atoms with Gasteiger partial charge in [0, 0.05) is 11.7 Å². The molecule has 0 atom stereocenters. The summed E-state index contributed by atoms with van der Waals surface area (Å²) < 4.78 is 0. The topological polar surface area (TPSA) is 12.0 Å². The van der Waals surface area contributed by atoms with Gasteiger partial charge in [-0.1, -0.05) is 49.4 Å². The maximum atomic E-state index is 3.78. The van der Waals surface area contributed by atoms with Crippen LogP contribution in [0.5, 0.6) is 0 Å². The summed E-state index contributed by atoms with van der Waals surface area (Å²) in [5.41, 5.74) is 7.15. The van der Waals surface area contributed by atoms with E-state index >= 15 is 0 Å². The highest BCUT2D eigenvalue weighted by atomic mass is 14.9. The van der Waals surface area contributed by atoms with Gasteiger partial charge in [-0.05, 0) is 48.4 Å². The van der Waals surface area contributed by atoms with Crippen LogP contribution in [-0.4, -0.2) is 6.04 Å². The highest BCUT2D eigenvalue weighted by Gasteiger charge is 2.21. The molecule has 0 radical (unpaired) electrons. The van der Waals surface area contributed by atoms with Gasteiger partial charge < -0.3 is 5.32 Å². The van der Waals surface area contributed by atoms with E-state index in [4.69, 9.17) is 0 Å². The van der Waals surface area contributed by atoms with Crippen molar-refractivity contribution in [2.75, 3.05) is 5.32 Å². The molecule has 3 rings (SSSR count). The lowest BCUT2D eigenvalue weighted by Gasteiger charge is -2.19. The van der Waals surface area contributed by atoms with Crippen LogP contribution in [0.15, 0.2) is 42.5 Å². The van der Waals surface area contributed by atoms with Crippen molar-refractivity contribution >= 4 is 5.69 Å². The fraction of sp³-hybridized carbons (Fsp3) is 0.333. The molecule has 1 nitrogen and oxygen atoms in total. The predicted molar refractivity (Wildman–Crippen MR) is 81.8 cm³/mol. The lowest BCUT2D eigenvalue weighted by Crippen LogP contribution is -2.21. The van der Waals surface area contributed by atoms with Crippen LogP contribution in [0.4, 0.5) is 5.69 Å². The number of rotatable bonds is 3. The Balaban J connectivity index is 1.81. The van der Waals surface area contributed by atoms with E-state index in [9.17, 15) is 0 Å². The zero-order chi connectivity index (χ0) is 13.2. The van der Waals surface area contributed by atoms with Gasteiger partial charge in [0.2, 0.25) is 0 Å². The molecule has 0 aliphatic heterocycles. The Morgan fingerprint density at radius 2 is 1.68 bits per heavy atom. The van der Waals surface area contributed by atoms with Gasteiger partial charge >= 0.3 is 0 Å². The van der Waals surface area contributed by atoms with E-state index in [1.54, 1.807) is 0 Å². The van der Waals surface area contributed by atoms with E-state index in [0.717, 1.165) is 19.3 Å². The van der Waals surface area contributed by atoms with Crippen LogP contribution in [0.1, 0.15) is 29.2 Å². The number of fused-ring (bicyclic) bond motifs is 1. The first kappa shape index (κ1) is 12.3. The lowest BCUT2D eigenvalue weighted by molar-refractivity contribution is 0.771. The zero-order valence-corrected chi connectivity index (χ0v) is 11.7. The lowest BCUT2D eigenvalue weighted by atomic mass is 10.0. The van der Waals surface area contributed by atoms with Crippen LogP contribution in [-0.2, 0) is 19.3 Å². The zero-order valence-electron chi connectivity index (χ0n) is 11.7. The monoisotopic (exact) mass is 251 g/mol. The van der Waals surface area contributed by atoms with E-state index < -0.39 is 0 Å². The molecule has 0 unspecified atom stereocenters. The number of anilines is 1. The Kier molecular flexibility index (Phi) is 3.29. The van der Waals surface area contributed by atoms with E-state index in [2.05, 4.69) is 61.6 Å². The van der Waals surface area contributed by atoms with Gasteiger partial charge in [0.1, 0.15) is 0 Å². The molecule has 1 heteroatoms. The SMILES string of the molecule is CCc1cccc(C)c1NC1Cc2ccccc2C1. The molecular weight excluding hydrogens is 230 g/mol. The second-order valence-electron chi connectivity index (χ2n) is 5.48. The first-order valence-corrected chi connectivity index (χ1v) is 7.19. The van der Waals surface area contributed by atoms with Crippen molar-refractivity contribution in [2.45, 2.75) is 39.2 Å². The molecule has 0 saturated heterocycles. The molecular formula is C18H21N. The molecule has 0 fully saturated rings. The van der Waals surface area contributed by atoms with Crippen molar-refractivity contribution in [1.82, 2.24) is 0 Å². The minimum absolute atomic E-state index is 0.545. The Morgan fingerprint density at radius 1 is 1.00 bits per heavy atom. The standard InChI is InChI=1S/C18H21N/c1-3-14-10-6-7-13(2)18(14)19-17-11-15-8-4-5-9-16(15)12-17/h4-10,17,19H,3,11-12H2,1-2H3. The Labute approximate surface area is 115 Å². The Morgan fingerprint density at radius 3 is 2.32 bits per heavy atom. The van der Waals surface area contributed by atoms with E-state index in [-0.39, 0.29) is 0 Å². The smallest absolute Gasteiger partial charge is 0.0404 e. The summed E-state index contributed by atoms with van der Waals surface area (Å²) >= 11 is 0. The van der Waals surface area contributed by atoms with Gasteiger partial charge in [-0.2, -0.15) is 0 Å². The molecule has 1 N–H and O–H groups in total. The summed E-state index contributed by atoms with van der Waals surface area (Å²) in [6.45, 7) is 4.42. The third kappa shape index (κ3) is 2.37. The second kappa shape index (κ2) is 5.08. The number of hydrogen-bond donors (Lipinski definition) is 1. The molecule has 0 amide bonds. The van der Waals surface area contributed by atoms with Crippen molar-refractivity contribution < 1.29 is 0 Å². The van der Waals surface area contributed by atoms with E-state index in [1.165, 1.54) is 27.9 Å². The molecule has 2 aromatic carbocycles. The van der Waals surface area contributed by atoms with Crippen molar-refractivity contribution in [1.29, 1.82) is 0 Å². The van der Waals surface area contributed by atoms with Gasteiger partial charge in [-0.3, -0.25) is 0 Å². The van der Waals surface area contributed by atoms with Crippen LogP contribution in [0.3, 0.4) is 0 Å². The fourth-order valence-corrected chi connectivity index (χ4v) is 3.09. The highest BCUT2D eigenvalue weighted by molar-refractivity contribution is 5.58. The normalized spacial score (nSPS) is 14.4. The predicted octanol–water partition coefficient (Wildman–Crippen LogP) is 4.14. The van der Waals surface area contributed by atoms with Crippen molar-refractivity contribution in [2.24, 2.45) is 0 Å². The van der Waals surface area contributed by atoms with Crippen molar-refractivity contribution in [3.63, 3.8) is 0 Å². The third-order valence-electron chi connectivity index (χ3n) is 4.14. The maximum absolute atomic E-state index is 3.78. The first-order valence-electron chi connectivity index (χ1n) is 7.19. The van der Waals surface area contributed by atoms with Gasteiger partial charge in [-0.25, -0.2) is 0 Å². The molecule has 0 bridgehead atoms. The van der Waals surface area contributed by atoms with Crippen LogP contribution in [0, 0.1) is 6.92 Å². The number of benzene rings is 2.